The molecule has 1 N–H and O–H groups in total. The quantitative estimate of drug-likeness (QED) is 0.890. The number of anilines is 1. The van der Waals surface area contributed by atoms with Crippen molar-refractivity contribution in [3.8, 4) is 0 Å². The molecule has 5 nitrogen and oxygen atoms in total. The highest BCUT2D eigenvalue weighted by Gasteiger charge is 2.38. The Bertz CT molecular complexity index is 536. The van der Waals surface area contributed by atoms with Crippen molar-refractivity contribution in [2.45, 2.75) is 18.8 Å². The number of benzene rings is 1. The van der Waals surface area contributed by atoms with Gasteiger partial charge in [-0.15, -0.1) is 0 Å². The summed E-state index contributed by atoms with van der Waals surface area (Å²) in [5.41, 5.74) is 1.46. The molecule has 0 aromatic heterocycles. The number of carbonyl (C=O) groups excluding carboxylic acids is 1. The van der Waals surface area contributed by atoms with Gasteiger partial charge in [-0.25, -0.2) is 0 Å². The van der Waals surface area contributed by atoms with Crippen LogP contribution in [0.25, 0.3) is 0 Å². The van der Waals surface area contributed by atoms with Crippen molar-refractivity contribution in [1.82, 2.24) is 0 Å². The summed E-state index contributed by atoms with van der Waals surface area (Å²) in [6.45, 7) is 1.37. The summed E-state index contributed by atoms with van der Waals surface area (Å²) in [6.07, 6.45) is 1.70. The first-order valence-electron chi connectivity index (χ1n) is 6.89. The molecule has 0 radical (unpaired) electrons. The largest absolute Gasteiger partial charge is 0.481 e. The first-order chi connectivity index (χ1) is 9.68. The number of fused-ring (bicyclic) bond motifs is 1. The average Bonchev–Trinajstić information content (AvgIpc) is 2.87. The fourth-order valence-electron chi connectivity index (χ4n) is 2.98. The van der Waals surface area contributed by atoms with Crippen LogP contribution in [0.15, 0.2) is 24.3 Å². The molecule has 3 rings (SSSR count). The van der Waals surface area contributed by atoms with Gasteiger partial charge >= 0.3 is 5.97 Å². The second kappa shape index (κ2) is 5.25. The van der Waals surface area contributed by atoms with E-state index in [2.05, 4.69) is 0 Å². The van der Waals surface area contributed by atoms with Crippen molar-refractivity contribution < 1.29 is 19.4 Å². The maximum Gasteiger partial charge on any atom is 0.312 e. The summed E-state index contributed by atoms with van der Waals surface area (Å²) < 4.78 is 5.36. The average molecular weight is 275 g/mol. The second-order valence-electron chi connectivity index (χ2n) is 5.31. The van der Waals surface area contributed by atoms with E-state index >= 15 is 0 Å². The van der Waals surface area contributed by atoms with E-state index in [0.717, 1.165) is 24.1 Å². The van der Waals surface area contributed by atoms with E-state index in [9.17, 15) is 14.7 Å². The van der Waals surface area contributed by atoms with Crippen molar-refractivity contribution in [2.24, 2.45) is 5.92 Å². The molecule has 0 saturated carbocycles. The fourth-order valence-corrected chi connectivity index (χ4v) is 2.98. The molecule has 2 aliphatic rings. The van der Waals surface area contributed by atoms with E-state index in [1.165, 1.54) is 0 Å². The van der Waals surface area contributed by atoms with E-state index in [1.54, 1.807) is 11.0 Å². The first kappa shape index (κ1) is 13.1. The summed E-state index contributed by atoms with van der Waals surface area (Å²) in [5, 5.41) is 9.31. The number of para-hydroxylation sites is 1. The molecule has 1 saturated heterocycles. The first-order valence-corrected chi connectivity index (χ1v) is 6.89. The maximum atomic E-state index is 12.6. The molecule has 0 bridgehead atoms. The van der Waals surface area contributed by atoms with Gasteiger partial charge in [0.1, 0.15) is 5.92 Å². The molecule has 2 unspecified atom stereocenters. The molecule has 2 heterocycles. The highest BCUT2D eigenvalue weighted by molar-refractivity contribution is 6.00. The molecular weight excluding hydrogens is 258 g/mol. The van der Waals surface area contributed by atoms with Gasteiger partial charge in [-0.1, -0.05) is 18.2 Å². The van der Waals surface area contributed by atoms with Gasteiger partial charge in [0.25, 0.3) is 0 Å². The summed E-state index contributed by atoms with van der Waals surface area (Å²) in [5.74, 6) is -1.67. The normalized spacial score (nSPS) is 25.3. The molecule has 1 amide bonds. The lowest BCUT2D eigenvalue weighted by Crippen LogP contribution is -2.39. The minimum atomic E-state index is -0.882. The van der Waals surface area contributed by atoms with Crippen LogP contribution in [0, 0.1) is 5.92 Å². The smallest absolute Gasteiger partial charge is 0.312 e. The molecule has 2 atom stereocenters. The van der Waals surface area contributed by atoms with Gasteiger partial charge in [0.05, 0.1) is 12.5 Å². The number of carboxylic acid groups (broad SMARTS) is 1. The molecule has 106 valence electrons. The maximum absolute atomic E-state index is 12.6. The predicted molar refractivity (Wildman–Crippen MR) is 72.7 cm³/mol. The number of carbonyl (C=O) groups is 2. The van der Waals surface area contributed by atoms with Gasteiger partial charge in [0.2, 0.25) is 5.91 Å². The Kier molecular flexibility index (Phi) is 3.44. The lowest BCUT2D eigenvalue weighted by atomic mass is 10.0. The van der Waals surface area contributed by atoms with Crippen molar-refractivity contribution >= 4 is 17.6 Å². The number of hydrogen-bond acceptors (Lipinski definition) is 3. The minimum absolute atomic E-state index is 0.0131. The van der Waals surface area contributed by atoms with Gasteiger partial charge < -0.3 is 14.7 Å². The van der Waals surface area contributed by atoms with Crippen LogP contribution >= 0.6 is 0 Å². The Hall–Kier alpha value is -1.88. The van der Waals surface area contributed by atoms with Gasteiger partial charge in [0.15, 0.2) is 0 Å². The van der Waals surface area contributed by atoms with Crippen molar-refractivity contribution in [3.63, 3.8) is 0 Å². The molecule has 1 fully saturated rings. The summed E-state index contributed by atoms with van der Waals surface area (Å²) in [4.78, 5) is 25.5. The lowest BCUT2D eigenvalue weighted by molar-refractivity contribution is -0.138. The highest BCUT2D eigenvalue weighted by Crippen LogP contribution is 2.37. The summed E-state index contributed by atoms with van der Waals surface area (Å²) in [6, 6.07) is 7.26. The molecule has 1 aromatic rings. The lowest BCUT2D eigenvalue weighted by Gasteiger charge is -2.26. The highest BCUT2D eigenvalue weighted by atomic mass is 16.5. The van der Waals surface area contributed by atoms with Crippen LogP contribution in [-0.2, 0) is 14.3 Å². The Morgan fingerprint density at radius 2 is 2.10 bits per heavy atom. The molecular formula is C15H17NO4. The Balaban J connectivity index is 1.87. The Morgan fingerprint density at radius 1 is 1.30 bits per heavy atom. The Morgan fingerprint density at radius 3 is 2.80 bits per heavy atom. The van der Waals surface area contributed by atoms with Gasteiger partial charge in [-0.05, 0) is 24.5 Å². The number of ether oxygens (including phenoxy) is 1. The molecule has 20 heavy (non-hydrogen) atoms. The van der Waals surface area contributed by atoms with Crippen LogP contribution in [0.5, 0.6) is 0 Å². The van der Waals surface area contributed by atoms with E-state index in [-0.39, 0.29) is 18.4 Å². The van der Waals surface area contributed by atoms with Gasteiger partial charge in [-0.3, -0.25) is 9.59 Å². The third-order valence-corrected chi connectivity index (χ3v) is 4.04. The van der Waals surface area contributed by atoms with Crippen LogP contribution in [-0.4, -0.2) is 36.7 Å². The van der Waals surface area contributed by atoms with Crippen molar-refractivity contribution in [1.29, 1.82) is 0 Å². The van der Waals surface area contributed by atoms with E-state index < -0.39 is 11.9 Å². The van der Waals surface area contributed by atoms with Crippen LogP contribution in [0.2, 0.25) is 0 Å². The van der Waals surface area contributed by atoms with E-state index in [4.69, 9.17) is 4.74 Å². The zero-order valence-corrected chi connectivity index (χ0v) is 11.1. The van der Waals surface area contributed by atoms with Gasteiger partial charge in [-0.2, -0.15) is 0 Å². The zero-order chi connectivity index (χ0) is 14.1. The number of carboxylic acids is 1. The zero-order valence-electron chi connectivity index (χ0n) is 11.1. The van der Waals surface area contributed by atoms with Crippen LogP contribution in [0.3, 0.4) is 0 Å². The monoisotopic (exact) mass is 275 g/mol. The van der Waals surface area contributed by atoms with E-state index in [0.29, 0.717) is 13.2 Å². The number of amides is 1. The fraction of sp³-hybridized carbons (Fsp3) is 0.467. The topological polar surface area (TPSA) is 66.8 Å². The van der Waals surface area contributed by atoms with E-state index in [1.807, 2.05) is 18.2 Å². The number of hydrogen-bond donors (Lipinski definition) is 1. The summed E-state index contributed by atoms with van der Waals surface area (Å²) in [7, 11) is 0. The number of nitrogens with zero attached hydrogens (tertiary/aromatic N) is 1. The number of aliphatic carboxylic acids is 1. The Labute approximate surface area is 117 Å². The second-order valence-corrected chi connectivity index (χ2v) is 5.31. The van der Waals surface area contributed by atoms with Crippen LogP contribution in [0.4, 0.5) is 5.69 Å². The molecule has 5 heteroatoms. The van der Waals surface area contributed by atoms with Crippen LogP contribution in [0.1, 0.15) is 24.3 Å². The van der Waals surface area contributed by atoms with Crippen molar-refractivity contribution in [2.75, 3.05) is 24.7 Å². The molecule has 1 aromatic carbocycles. The molecule has 0 aliphatic carbocycles. The van der Waals surface area contributed by atoms with Crippen molar-refractivity contribution in [3.05, 3.63) is 29.8 Å². The molecule has 2 aliphatic heterocycles. The predicted octanol–water partition coefficient (Wildman–Crippen LogP) is 1.63. The minimum Gasteiger partial charge on any atom is -0.481 e. The third-order valence-electron chi connectivity index (χ3n) is 4.04. The van der Waals surface area contributed by atoms with Gasteiger partial charge in [0, 0.05) is 18.8 Å². The van der Waals surface area contributed by atoms with Crippen LogP contribution < -0.4 is 4.90 Å². The third kappa shape index (κ3) is 2.18. The molecule has 0 spiro atoms. The standard InChI is InChI=1S/C15H17NO4/c17-14(10-4-3-7-20-9-10)16-8-12(15(18)19)11-5-1-2-6-13(11)16/h1-2,5-6,10,12H,3-4,7-9H2,(H,18,19). The SMILES string of the molecule is O=C(O)C1CN(C(=O)C2CCCOC2)c2ccccc21. The number of rotatable bonds is 2. The summed E-state index contributed by atoms with van der Waals surface area (Å²) >= 11 is 0.